The predicted molar refractivity (Wildman–Crippen MR) is 134 cm³/mol. The van der Waals surface area contributed by atoms with Gasteiger partial charge in [-0.1, -0.05) is 92.6 Å². The second-order valence-electron chi connectivity index (χ2n) is 13.1. The van der Waals surface area contributed by atoms with E-state index in [4.69, 9.17) is 9.47 Å². The number of fused-ring (bicyclic) bond motifs is 1. The van der Waals surface area contributed by atoms with Gasteiger partial charge in [0.2, 0.25) is 0 Å². The highest BCUT2D eigenvalue weighted by Crippen LogP contribution is 2.91. The summed E-state index contributed by atoms with van der Waals surface area (Å²) in [4.78, 5) is 26.9. The fourth-order valence-corrected chi connectivity index (χ4v) is 12.0. The second-order valence-corrected chi connectivity index (χ2v) is 18.0. The quantitative estimate of drug-likeness (QED) is 0.260. The number of ether oxygens (including phenoxy) is 2. The zero-order valence-electron chi connectivity index (χ0n) is 22.6. The van der Waals surface area contributed by atoms with Crippen LogP contribution in [0.15, 0.2) is 34.9 Å². The summed E-state index contributed by atoms with van der Waals surface area (Å²) in [5.41, 5.74) is 2.30. The third kappa shape index (κ3) is 2.92. The maximum absolute atomic E-state index is 13.5. The molecule has 2 atom stereocenters. The Bertz CT molecular complexity index is 915. The zero-order chi connectivity index (χ0) is 25.3. The van der Waals surface area contributed by atoms with Crippen LogP contribution in [-0.2, 0) is 19.1 Å². The van der Waals surface area contributed by atoms with Crippen LogP contribution in [0.1, 0.15) is 62.3 Å². The van der Waals surface area contributed by atoms with Gasteiger partial charge in [-0.3, -0.25) is 0 Å². The van der Waals surface area contributed by atoms with E-state index in [9.17, 15) is 9.59 Å². The highest BCUT2D eigenvalue weighted by Gasteiger charge is 2.86. The van der Waals surface area contributed by atoms with Gasteiger partial charge >= 0.3 is 11.9 Å². The molecule has 0 heterocycles. The fraction of sp³-hybridized carbons (Fsp3) is 0.704. The van der Waals surface area contributed by atoms with E-state index in [0.29, 0.717) is 11.1 Å². The van der Waals surface area contributed by atoms with Gasteiger partial charge in [0, 0.05) is 10.5 Å². The molecule has 0 saturated heterocycles. The van der Waals surface area contributed by atoms with Gasteiger partial charge in [0.25, 0.3) is 0 Å². The number of carbonyl (C=O) groups excluding carboxylic acids is 2. The standard InChI is InChI=1S/C27H44O4Si/c1-15-16-32(13,14)27-18(22(29)31-12)17(21(28)30-11)26(27,25(8,9)10)19(23(2,3)4)20(27)24(5,6)7/h15H,1,16H2,2-14H3. The van der Waals surface area contributed by atoms with Gasteiger partial charge in [-0.25, -0.2) is 9.59 Å². The van der Waals surface area contributed by atoms with Gasteiger partial charge in [0.15, 0.2) is 0 Å². The van der Waals surface area contributed by atoms with Crippen LogP contribution in [0.2, 0.25) is 24.2 Å². The molecule has 0 aromatic carbocycles. The van der Waals surface area contributed by atoms with Gasteiger partial charge < -0.3 is 9.47 Å². The SMILES string of the molecule is C=CC[Si](C)(C)C12C(C(=O)OC)=C(C(=O)OC)C1(C(C)(C)C)C(C(C)(C)C)=C2C(C)(C)C. The molecule has 2 aliphatic carbocycles. The summed E-state index contributed by atoms with van der Waals surface area (Å²) in [5.74, 6) is -0.835. The zero-order valence-corrected chi connectivity index (χ0v) is 23.6. The van der Waals surface area contributed by atoms with Gasteiger partial charge in [-0.05, 0) is 22.3 Å². The molecule has 0 aliphatic heterocycles. The van der Waals surface area contributed by atoms with Crippen molar-refractivity contribution < 1.29 is 19.1 Å². The Morgan fingerprint density at radius 1 is 0.844 bits per heavy atom. The normalized spacial score (nSPS) is 26.2. The van der Waals surface area contributed by atoms with Crippen molar-refractivity contribution >= 4 is 20.0 Å². The molecule has 0 aromatic rings. The first-order chi connectivity index (χ1) is 14.3. The molecule has 0 radical (unpaired) electrons. The molecule has 0 saturated carbocycles. The average Bonchev–Trinajstić information content (AvgIpc) is 2.57. The van der Waals surface area contributed by atoms with Gasteiger partial charge in [0.1, 0.15) is 0 Å². The van der Waals surface area contributed by atoms with Gasteiger partial charge in [-0.2, -0.15) is 0 Å². The third-order valence-electron chi connectivity index (χ3n) is 7.64. The first-order valence-corrected chi connectivity index (χ1v) is 14.8. The van der Waals surface area contributed by atoms with E-state index in [0.717, 1.165) is 6.04 Å². The second kappa shape index (κ2) is 7.44. The molecule has 180 valence electrons. The molecule has 0 spiro atoms. The van der Waals surface area contributed by atoms with Gasteiger partial charge in [-0.15, -0.1) is 6.58 Å². The van der Waals surface area contributed by atoms with Crippen molar-refractivity contribution in [3.05, 3.63) is 34.9 Å². The number of carbonyl (C=O) groups is 2. The lowest BCUT2D eigenvalue weighted by Crippen LogP contribution is -2.76. The van der Waals surface area contributed by atoms with Crippen LogP contribution in [-0.4, -0.2) is 34.2 Å². The number of esters is 2. The Morgan fingerprint density at radius 3 is 1.56 bits per heavy atom. The molecule has 0 aromatic heterocycles. The van der Waals surface area contributed by atoms with E-state index in [2.05, 4.69) is 82.0 Å². The van der Waals surface area contributed by atoms with Crippen LogP contribution in [0.25, 0.3) is 0 Å². The minimum Gasteiger partial charge on any atom is -0.466 e. The molecule has 0 fully saturated rings. The minimum absolute atomic E-state index is 0.191. The van der Waals surface area contributed by atoms with Gasteiger partial charge in [0.05, 0.1) is 33.4 Å². The number of rotatable bonds is 5. The largest absolute Gasteiger partial charge is 0.466 e. The van der Waals surface area contributed by atoms with Crippen molar-refractivity contribution in [1.82, 2.24) is 0 Å². The van der Waals surface area contributed by atoms with E-state index in [1.807, 2.05) is 6.08 Å². The lowest BCUT2D eigenvalue weighted by atomic mass is 9.30. The van der Waals surface area contributed by atoms with Crippen LogP contribution < -0.4 is 0 Å². The first-order valence-electron chi connectivity index (χ1n) is 11.6. The molecule has 2 rings (SSSR count). The summed E-state index contributed by atoms with van der Waals surface area (Å²) in [5, 5.41) is -0.538. The van der Waals surface area contributed by atoms with E-state index < -0.39 is 30.5 Å². The first kappa shape index (κ1) is 26.6. The Morgan fingerprint density at radius 2 is 1.25 bits per heavy atom. The average molecular weight is 461 g/mol. The number of hydrogen-bond acceptors (Lipinski definition) is 4. The van der Waals surface area contributed by atoms with Crippen LogP contribution in [0.4, 0.5) is 0 Å². The topological polar surface area (TPSA) is 52.6 Å². The highest BCUT2D eigenvalue weighted by molar-refractivity contribution is 6.84. The molecule has 0 amide bonds. The van der Waals surface area contributed by atoms with Crippen LogP contribution >= 0.6 is 0 Å². The van der Waals surface area contributed by atoms with E-state index in [1.54, 1.807) is 0 Å². The lowest BCUT2D eigenvalue weighted by Gasteiger charge is -2.80. The summed E-state index contributed by atoms with van der Waals surface area (Å²) in [7, 11) is 0.522. The van der Waals surface area contributed by atoms with Crippen molar-refractivity contribution in [1.29, 1.82) is 0 Å². The summed E-state index contributed by atoms with van der Waals surface area (Å²) >= 11 is 0. The molecule has 2 aliphatic rings. The number of hydrogen-bond donors (Lipinski definition) is 0. The summed E-state index contributed by atoms with van der Waals surface area (Å²) in [6.45, 7) is 28.7. The highest BCUT2D eigenvalue weighted by atomic mass is 28.3. The fourth-order valence-electron chi connectivity index (χ4n) is 7.23. The summed E-state index contributed by atoms with van der Waals surface area (Å²) < 4.78 is 10.7. The summed E-state index contributed by atoms with van der Waals surface area (Å²) in [6, 6.07) is 0.830. The van der Waals surface area contributed by atoms with Crippen molar-refractivity contribution in [2.45, 2.75) is 86.5 Å². The maximum Gasteiger partial charge on any atom is 0.335 e. The van der Waals surface area contributed by atoms with E-state index >= 15 is 0 Å². The van der Waals surface area contributed by atoms with E-state index in [1.165, 1.54) is 25.4 Å². The third-order valence-corrected chi connectivity index (χ3v) is 11.9. The van der Waals surface area contributed by atoms with E-state index in [-0.39, 0.29) is 16.2 Å². The molecule has 4 nitrogen and oxygen atoms in total. The summed E-state index contributed by atoms with van der Waals surface area (Å²) in [6.07, 6.45) is 1.98. The molecule has 32 heavy (non-hydrogen) atoms. The monoisotopic (exact) mass is 460 g/mol. The van der Waals surface area contributed by atoms with Crippen molar-refractivity contribution in [2.24, 2.45) is 21.7 Å². The molecular formula is C27H44O4Si. The predicted octanol–water partition coefficient (Wildman–Crippen LogP) is 6.71. The molecular weight excluding hydrogens is 416 g/mol. The maximum atomic E-state index is 13.5. The van der Waals surface area contributed by atoms with Crippen molar-refractivity contribution in [3.8, 4) is 0 Å². The molecule has 0 bridgehead atoms. The Labute approximate surface area is 196 Å². The Kier molecular flexibility index (Phi) is 6.19. The number of methoxy groups -OCH3 is 2. The smallest absolute Gasteiger partial charge is 0.335 e. The molecule has 5 heteroatoms. The van der Waals surface area contributed by atoms with Crippen LogP contribution in [0.3, 0.4) is 0 Å². The van der Waals surface area contributed by atoms with Crippen LogP contribution in [0, 0.1) is 21.7 Å². The Balaban J connectivity index is 3.31. The minimum atomic E-state index is -2.28. The number of allylic oxidation sites excluding steroid dienone is 3. The van der Waals surface area contributed by atoms with Crippen molar-refractivity contribution in [2.75, 3.05) is 14.2 Å². The van der Waals surface area contributed by atoms with Crippen molar-refractivity contribution in [3.63, 3.8) is 0 Å². The molecule has 2 unspecified atom stereocenters. The Hall–Kier alpha value is -1.62. The van der Waals surface area contributed by atoms with Crippen LogP contribution in [0.5, 0.6) is 0 Å². The molecule has 0 N–H and O–H groups in total. The lowest BCUT2D eigenvalue weighted by molar-refractivity contribution is -0.147.